The Bertz CT molecular complexity index is 576. The second kappa shape index (κ2) is 6.50. The number of nitrogens with zero attached hydrogens (tertiary/aromatic N) is 4. The van der Waals surface area contributed by atoms with Gasteiger partial charge >= 0.3 is 5.97 Å². The molecule has 2 N–H and O–H groups in total. The van der Waals surface area contributed by atoms with Crippen molar-refractivity contribution < 1.29 is 14.7 Å². The average Bonchev–Trinajstić information content (AvgIpc) is 3.04. The summed E-state index contributed by atoms with van der Waals surface area (Å²) in [5, 5.41) is 19.0. The van der Waals surface area contributed by atoms with Gasteiger partial charge in [0, 0.05) is 25.5 Å². The Morgan fingerprint density at radius 1 is 1.35 bits per heavy atom. The van der Waals surface area contributed by atoms with Gasteiger partial charge in [0.2, 0.25) is 0 Å². The van der Waals surface area contributed by atoms with E-state index in [2.05, 4.69) is 15.6 Å². The molecule has 0 aromatic carbocycles. The van der Waals surface area contributed by atoms with Crippen LogP contribution in [0.25, 0.3) is 0 Å². The molecular formula is C12H15N5O3. The third kappa shape index (κ3) is 3.67. The number of carboxylic acids is 1. The minimum atomic E-state index is -0.985. The molecule has 0 spiro atoms. The Kier molecular flexibility index (Phi) is 4.48. The molecule has 2 rings (SSSR count). The number of carbonyl (C=O) groups excluding carboxylic acids is 1. The first-order chi connectivity index (χ1) is 9.66. The van der Waals surface area contributed by atoms with E-state index in [0.29, 0.717) is 18.8 Å². The summed E-state index contributed by atoms with van der Waals surface area (Å²) in [5.41, 5.74) is 0.341. The van der Waals surface area contributed by atoms with Crippen molar-refractivity contribution in [1.82, 2.24) is 24.9 Å². The Morgan fingerprint density at radius 2 is 2.20 bits per heavy atom. The van der Waals surface area contributed by atoms with Crippen LogP contribution >= 0.6 is 0 Å². The van der Waals surface area contributed by atoms with Gasteiger partial charge in [0.15, 0.2) is 0 Å². The summed E-state index contributed by atoms with van der Waals surface area (Å²) >= 11 is 0. The van der Waals surface area contributed by atoms with Crippen LogP contribution in [0, 0.1) is 0 Å². The fourth-order valence-electron chi connectivity index (χ4n) is 1.79. The highest BCUT2D eigenvalue weighted by Gasteiger charge is 2.11. The summed E-state index contributed by atoms with van der Waals surface area (Å²) in [7, 11) is 0. The minimum Gasteiger partial charge on any atom is -0.480 e. The van der Waals surface area contributed by atoms with Crippen LogP contribution in [-0.2, 0) is 17.9 Å². The lowest BCUT2D eigenvalue weighted by atomic mass is 10.3. The first-order valence-electron chi connectivity index (χ1n) is 6.16. The van der Waals surface area contributed by atoms with Crippen LogP contribution in [0.15, 0.2) is 30.7 Å². The molecule has 2 aromatic rings. The second-order valence-corrected chi connectivity index (χ2v) is 4.19. The van der Waals surface area contributed by atoms with Crippen LogP contribution in [0.1, 0.15) is 16.9 Å². The largest absolute Gasteiger partial charge is 0.480 e. The molecule has 0 aliphatic carbocycles. The molecule has 106 valence electrons. The number of rotatable bonds is 7. The predicted octanol–water partition coefficient (Wildman–Crippen LogP) is -0.0157. The number of nitrogens with one attached hydrogen (secondary N) is 1. The maximum Gasteiger partial charge on any atom is 0.323 e. The Labute approximate surface area is 115 Å². The van der Waals surface area contributed by atoms with Crippen LogP contribution in [0.2, 0.25) is 0 Å². The molecule has 0 bridgehead atoms. The average molecular weight is 277 g/mol. The molecule has 0 saturated heterocycles. The SMILES string of the molecule is O=C(O)Cn1cccc1C(=O)NCCCn1ccnn1. The first-order valence-corrected chi connectivity index (χ1v) is 6.16. The number of aryl methyl sites for hydroxylation is 1. The van der Waals surface area contributed by atoms with E-state index in [4.69, 9.17) is 5.11 Å². The third-order valence-electron chi connectivity index (χ3n) is 2.69. The van der Waals surface area contributed by atoms with Gasteiger partial charge in [0.1, 0.15) is 12.2 Å². The van der Waals surface area contributed by atoms with E-state index in [0.717, 1.165) is 6.42 Å². The van der Waals surface area contributed by atoms with Gasteiger partial charge in [-0.25, -0.2) is 0 Å². The monoisotopic (exact) mass is 277 g/mol. The smallest absolute Gasteiger partial charge is 0.323 e. The molecule has 0 atom stereocenters. The van der Waals surface area contributed by atoms with Crippen molar-refractivity contribution >= 4 is 11.9 Å². The number of carbonyl (C=O) groups is 2. The molecule has 2 heterocycles. The van der Waals surface area contributed by atoms with E-state index in [9.17, 15) is 9.59 Å². The minimum absolute atomic E-state index is 0.227. The van der Waals surface area contributed by atoms with Gasteiger partial charge in [0.25, 0.3) is 5.91 Å². The van der Waals surface area contributed by atoms with Crippen molar-refractivity contribution in [2.75, 3.05) is 6.54 Å². The standard InChI is InChI=1S/C12H15N5O3/c18-11(19)9-16-6-1-3-10(16)12(20)13-4-2-7-17-8-5-14-15-17/h1,3,5-6,8H,2,4,7,9H2,(H,13,20)(H,18,19). The van der Waals surface area contributed by atoms with Gasteiger partial charge in [-0.15, -0.1) is 5.10 Å². The van der Waals surface area contributed by atoms with Crippen molar-refractivity contribution in [2.45, 2.75) is 19.5 Å². The van der Waals surface area contributed by atoms with Gasteiger partial charge in [-0.05, 0) is 18.6 Å². The van der Waals surface area contributed by atoms with E-state index in [1.165, 1.54) is 4.57 Å². The topological polar surface area (TPSA) is 102 Å². The van der Waals surface area contributed by atoms with Gasteiger partial charge in [-0.3, -0.25) is 14.3 Å². The summed E-state index contributed by atoms with van der Waals surface area (Å²) in [6.07, 6.45) is 5.63. The van der Waals surface area contributed by atoms with Crippen LogP contribution in [0.5, 0.6) is 0 Å². The van der Waals surface area contributed by atoms with Gasteiger partial charge in [-0.1, -0.05) is 5.21 Å². The van der Waals surface area contributed by atoms with E-state index in [1.807, 2.05) is 0 Å². The molecule has 0 saturated carbocycles. The van der Waals surface area contributed by atoms with Crippen molar-refractivity contribution in [3.63, 3.8) is 0 Å². The maximum absolute atomic E-state index is 11.9. The van der Waals surface area contributed by atoms with Crippen molar-refractivity contribution in [3.05, 3.63) is 36.4 Å². The van der Waals surface area contributed by atoms with Crippen LogP contribution in [0.4, 0.5) is 0 Å². The highest BCUT2D eigenvalue weighted by molar-refractivity contribution is 5.93. The summed E-state index contributed by atoms with van der Waals surface area (Å²) in [4.78, 5) is 22.6. The van der Waals surface area contributed by atoms with Crippen LogP contribution in [0.3, 0.4) is 0 Å². The zero-order valence-electron chi connectivity index (χ0n) is 10.8. The zero-order chi connectivity index (χ0) is 14.4. The molecule has 0 aliphatic rings. The molecule has 0 radical (unpaired) electrons. The quantitative estimate of drug-likeness (QED) is 0.693. The maximum atomic E-state index is 11.9. The molecule has 20 heavy (non-hydrogen) atoms. The lowest BCUT2D eigenvalue weighted by Gasteiger charge is -2.07. The molecule has 8 nitrogen and oxygen atoms in total. The molecule has 0 aliphatic heterocycles. The Balaban J connectivity index is 1.80. The highest BCUT2D eigenvalue weighted by atomic mass is 16.4. The number of carboxylic acid groups (broad SMARTS) is 1. The summed E-state index contributed by atoms with van der Waals surface area (Å²) in [5.74, 6) is -1.27. The van der Waals surface area contributed by atoms with Crippen molar-refractivity contribution in [3.8, 4) is 0 Å². The van der Waals surface area contributed by atoms with E-state index < -0.39 is 5.97 Å². The molecule has 0 fully saturated rings. The summed E-state index contributed by atoms with van der Waals surface area (Å²) in [6, 6.07) is 3.24. The normalized spacial score (nSPS) is 10.4. The van der Waals surface area contributed by atoms with E-state index in [1.54, 1.807) is 35.4 Å². The van der Waals surface area contributed by atoms with Crippen molar-refractivity contribution in [1.29, 1.82) is 0 Å². The van der Waals surface area contributed by atoms with Crippen LogP contribution < -0.4 is 5.32 Å². The molecular weight excluding hydrogens is 262 g/mol. The third-order valence-corrected chi connectivity index (χ3v) is 2.69. The van der Waals surface area contributed by atoms with Gasteiger partial charge in [0.05, 0.1) is 6.20 Å². The number of aliphatic carboxylic acids is 1. The fraction of sp³-hybridized carbons (Fsp3) is 0.333. The van der Waals surface area contributed by atoms with Gasteiger partial charge < -0.3 is 15.0 Å². The summed E-state index contributed by atoms with van der Waals surface area (Å²) < 4.78 is 3.08. The summed E-state index contributed by atoms with van der Waals surface area (Å²) in [6.45, 7) is 0.919. The van der Waals surface area contributed by atoms with E-state index >= 15 is 0 Å². The fourth-order valence-corrected chi connectivity index (χ4v) is 1.79. The Morgan fingerprint density at radius 3 is 2.90 bits per heavy atom. The zero-order valence-corrected chi connectivity index (χ0v) is 10.8. The molecule has 8 heteroatoms. The van der Waals surface area contributed by atoms with Crippen molar-refractivity contribution in [2.24, 2.45) is 0 Å². The lowest BCUT2D eigenvalue weighted by Crippen LogP contribution is -2.28. The lowest BCUT2D eigenvalue weighted by molar-refractivity contribution is -0.137. The first kappa shape index (κ1) is 13.8. The molecule has 2 aromatic heterocycles. The number of aromatic nitrogens is 4. The molecule has 1 amide bonds. The second-order valence-electron chi connectivity index (χ2n) is 4.19. The van der Waals surface area contributed by atoms with Gasteiger partial charge in [-0.2, -0.15) is 0 Å². The predicted molar refractivity (Wildman–Crippen MR) is 69.0 cm³/mol. The number of amides is 1. The van der Waals surface area contributed by atoms with Crippen LogP contribution in [-0.4, -0.2) is 43.1 Å². The number of hydrogen-bond donors (Lipinski definition) is 2. The Hall–Kier alpha value is -2.64. The highest BCUT2D eigenvalue weighted by Crippen LogP contribution is 2.02. The van der Waals surface area contributed by atoms with E-state index in [-0.39, 0.29) is 12.5 Å². The molecule has 0 unspecified atom stereocenters. The number of hydrogen-bond acceptors (Lipinski definition) is 4.